The van der Waals surface area contributed by atoms with Gasteiger partial charge in [-0.1, -0.05) is 57.6 Å². The number of Topliss-reactive ketones (excluding diaryl/α,β-unsaturated/α-hetero) is 1. The Bertz CT molecular complexity index is 711. The van der Waals surface area contributed by atoms with Crippen LogP contribution in [0.5, 0.6) is 5.75 Å². The molecule has 0 aliphatic heterocycles. The van der Waals surface area contributed by atoms with E-state index in [1.807, 2.05) is 0 Å². The molecule has 1 aromatic rings. The number of esters is 1. The monoisotopic (exact) mass is 412 g/mol. The van der Waals surface area contributed by atoms with Gasteiger partial charge >= 0.3 is 5.97 Å². The molecule has 0 aromatic heterocycles. The van der Waals surface area contributed by atoms with E-state index in [0.717, 1.165) is 25.7 Å². The van der Waals surface area contributed by atoms with Crippen LogP contribution in [0.15, 0.2) is 29.2 Å². The minimum atomic E-state index is -4.45. The zero-order valence-electron chi connectivity index (χ0n) is 16.7. The minimum absolute atomic E-state index is 0.130. The van der Waals surface area contributed by atoms with Crippen molar-refractivity contribution in [2.75, 3.05) is 0 Å². The fraction of sp³-hybridized carbons (Fsp3) is 0.619. The third-order valence-corrected chi connectivity index (χ3v) is 5.39. The van der Waals surface area contributed by atoms with E-state index in [2.05, 4.69) is 6.92 Å². The molecule has 0 bridgehead atoms. The minimum Gasteiger partial charge on any atom is -0.425 e. The van der Waals surface area contributed by atoms with Crippen LogP contribution in [0.4, 0.5) is 0 Å². The first kappa shape index (κ1) is 24.3. The maximum atomic E-state index is 11.9. The number of unbranched alkanes of at least 4 members (excludes halogenated alkanes) is 7. The third-order valence-electron chi connectivity index (χ3n) is 4.50. The van der Waals surface area contributed by atoms with Crippen molar-refractivity contribution in [2.24, 2.45) is 0 Å². The molecule has 0 aliphatic carbocycles. The lowest BCUT2D eigenvalue weighted by molar-refractivity contribution is -0.134. The number of para-hydroxylation sites is 1. The van der Waals surface area contributed by atoms with Crippen LogP contribution < -0.4 is 4.74 Å². The zero-order valence-corrected chi connectivity index (χ0v) is 17.5. The van der Waals surface area contributed by atoms with Gasteiger partial charge in [-0.2, -0.15) is 8.42 Å². The molecule has 28 heavy (non-hydrogen) atoms. The topological polar surface area (TPSA) is 97.7 Å². The zero-order chi connectivity index (χ0) is 20.8. The lowest BCUT2D eigenvalue weighted by atomic mass is 10.0. The first-order chi connectivity index (χ1) is 13.3. The second-order valence-corrected chi connectivity index (χ2v) is 8.40. The Balaban J connectivity index is 2.17. The molecule has 0 fully saturated rings. The predicted octanol–water partition coefficient (Wildman–Crippen LogP) is 5.11. The van der Waals surface area contributed by atoms with Crippen LogP contribution >= 0.6 is 0 Å². The Labute approximate surface area is 168 Å². The van der Waals surface area contributed by atoms with Crippen LogP contribution in [0.25, 0.3) is 0 Å². The number of ketones is 1. The molecule has 0 saturated carbocycles. The molecule has 0 atom stereocenters. The fourth-order valence-corrected chi connectivity index (χ4v) is 3.53. The fourth-order valence-electron chi connectivity index (χ4n) is 2.92. The van der Waals surface area contributed by atoms with Crippen LogP contribution in [0.3, 0.4) is 0 Å². The molecule has 0 heterocycles. The van der Waals surface area contributed by atoms with Gasteiger partial charge in [-0.15, -0.1) is 0 Å². The maximum Gasteiger partial charge on any atom is 0.311 e. The maximum absolute atomic E-state index is 11.9. The SMILES string of the molecule is CCCCCCCCC(=O)CCCCCC(=O)Oc1ccccc1S(=O)(=O)O. The van der Waals surface area contributed by atoms with Gasteiger partial charge in [-0.25, -0.2) is 0 Å². The highest BCUT2D eigenvalue weighted by atomic mass is 32.2. The summed E-state index contributed by atoms with van der Waals surface area (Å²) in [6, 6.07) is 5.45. The van der Waals surface area contributed by atoms with E-state index in [9.17, 15) is 18.0 Å². The molecule has 0 saturated heterocycles. The number of carbonyl (C=O) groups excluding carboxylic acids is 2. The van der Waals surface area contributed by atoms with Crippen LogP contribution in [0, 0.1) is 0 Å². The normalized spacial score (nSPS) is 11.4. The summed E-state index contributed by atoms with van der Waals surface area (Å²) in [4.78, 5) is 23.3. The number of hydrogen-bond donors (Lipinski definition) is 1. The van der Waals surface area contributed by atoms with E-state index in [1.54, 1.807) is 0 Å². The van der Waals surface area contributed by atoms with Gasteiger partial charge in [0, 0.05) is 19.3 Å². The standard InChI is InChI=1S/C21H32O6S/c1-2-3-4-5-6-8-13-18(22)14-9-7-10-17-21(23)27-19-15-11-12-16-20(19)28(24,25)26/h11-12,15-16H,2-10,13-14,17H2,1H3,(H,24,25,26). The number of carbonyl (C=O) groups is 2. The number of benzene rings is 1. The molecule has 1 aromatic carbocycles. The van der Waals surface area contributed by atoms with Crippen LogP contribution in [-0.2, 0) is 19.7 Å². The van der Waals surface area contributed by atoms with Gasteiger partial charge in [0.25, 0.3) is 10.1 Å². The van der Waals surface area contributed by atoms with Crippen molar-refractivity contribution >= 4 is 21.9 Å². The second kappa shape index (κ2) is 13.4. The van der Waals surface area contributed by atoms with Gasteiger partial charge in [-0.3, -0.25) is 14.1 Å². The van der Waals surface area contributed by atoms with E-state index in [1.165, 1.54) is 49.9 Å². The summed E-state index contributed by atoms with van der Waals surface area (Å²) >= 11 is 0. The van der Waals surface area contributed by atoms with Crippen molar-refractivity contribution in [1.82, 2.24) is 0 Å². The van der Waals surface area contributed by atoms with Crippen molar-refractivity contribution in [3.63, 3.8) is 0 Å². The first-order valence-electron chi connectivity index (χ1n) is 10.1. The smallest absolute Gasteiger partial charge is 0.311 e. The molecular weight excluding hydrogens is 380 g/mol. The average molecular weight is 413 g/mol. The lowest BCUT2D eigenvalue weighted by Gasteiger charge is -2.07. The highest BCUT2D eigenvalue weighted by Gasteiger charge is 2.18. The largest absolute Gasteiger partial charge is 0.425 e. The van der Waals surface area contributed by atoms with Gasteiger partial charge in [0.05, 0.1) is 0 Å². The third kappa shape index (κ3) is 10.6. The Hall–Kier alpha value is -1.73. The van der Waals surface area contributed by atoms with Gasteiger partial charge in [0.2, 0.25) is 0 Å². The average Bonchev–Trinajstić information content (AvgIpc) is 2.64. The van der Waals surface area contributed by atoms with Crippen molar-refractivity contribution < 1.29 is 27.3 Å². The van der Waals surface area contributed by atoms with Crippen molar-refractivity contribution in [3.8, 4) is 5.75 Å². The molecule has 0 unspecified atom stereocenters. The van der Waals surface area contributed by atoms with E-state index in [4.69, 9.17) is 9.29 Å². The molecule has 0 radical (unpaired) electrons. The molecule has 0 spiro atoms. The second-order valence-electron chi connectivity index (χ2n) is 7.01. The van der Waals surface area contributed by atoms with Crippen molar-refractivity contribution in [3.05, 3.63) is 24.3 Å². The van der Waals surface area contributed by atoms with E-state index in [0.29, 0.717) is 19.3 Å². The van der Waals surface area contributed by atoms with Crippen molar-refractivity contribution in [2.45, 2.75) is 88.9 Å². The summed E-state index contributed by atoms with van der Waals surface area (Å²) in [5.74, 6) is -0.459. The predicted molar refractivity (Wildman–Crippen MR) is 108 cm³/mol. The molecule has 158 valence electrons. The summed E-state index contributed by atoms with van der Waals surface area (Å²) in [6.07, 6.45) is 10.3. The Morgan fingerprint density at radius 3 is 2.04 bits per heavy atom. The molecule has 0 amide bonds. The summed E-state index contributed by atoms with van der Waals surface area (Å²) in [7, 11) is -4.45. The summed E-state index contributed by atoms with van der Waals surface area (Å²) < 4.78 is 36.7. The Kier molecular flexibility index (Phi) is 11.7. The van der Waals surface area contributed by atoms with E-state index in [-0.39, 0.29) is 18.0 Å². The van der Waals surface area contributed by atoms with Gasteiger partial charge in [0.15, 0.2) is 5.75 Å². The van der Waals surface area contributed by atoms with Crippen LogP contribution in [0.2, 0.25) is 0 Å². The number of rotatable bonds is 15. The van der Waals surface area contributed by atoms with Gasteiger partial charge in [-0.05, 0) is 31.4 Å². The summed E-state index contributed by atoms with van der Waals surface area (Å²) in [5.41, 5.74) is 0. The Morgan fingerprint density at radius 2 is 1.39 bits per heavy atom. The molecule has 1 N–H and O–H groups in total. The summed E-state index contributed by atoms with van der Waals surface area (Å²) in [5, 5.41) is 0. The first-order valence-corrected chi connectivity index (χ1v) is 11.6. The highest BCUT2D eigenvalue weighted by molar-refractivity contribution is 7.86. The molecular formula is C21H32O6S. The van der Waals surface area contributed by atoms with Crippen LogP contribution in [-0.4, -0.2) is 24.7 Å². The van der Waals surface area contributed by atoms with Crippen LogP contribution in [0.1, 0.15) is 84.0 Å². The number of ether oxygens (including phenoxy) is 1. The molecule has 7 heteroatoms. The van der Waals surface area contributed by atoms with Gasteiger partial charge in [0.1, 0.15) is 10.7 Å². The molecule has 1 rings (SSSR count). The summed E-state index contributed by atoms with van der Waals surface area (Å²) in [6.45, 7) is 2.18. The van der Waals surface area contributed by atoms with E-state index >= 15 is 0 Å². The molecule has 0 aliphatic rings. The van der Waals surface area contributed by atoms with E-state index < -0.39 is 21.0 Å². The Morgan fingerprint density at radius 1 is 0.857 bits per heavy atom. The molecule has 6 nitrogen and oxygen atoms in total. The quantitative estimate of drug-likeness (QED) is 0.186. The number of hydrogen-bond acceptors (Lipinski definition) is 5. The lowest BCUT2D eigenvalue weighted by Crippen LogP contribution is -2.11. The highest BCUT2D eigenvalue weighted by Crippen LogP contribution is 2.23. The van der Waals surface area contributed by atoms with Gasteiger partial charge < -0.3 is 4.74 Å². The van der Waals surface area contributed by atoms with Crippen molar-refractivity contribution in [1.29, 1.82) is 0 Å².